The van der Waals surface area contributed by atoms with Gasteiger partial charge in [-0.15, -0.1) is 0 Å². The van der Waals surface area contributed by atoms with Gasteiger partial charge < -0.3 is 5.32 Å². The predicted octanol–water partition coefficient (Wildman–Crippen LogP) is 5.32. The Labute approximate surface area is 159 Å². The zero-order valence-electron chi connectivity index (χ0n) is 14.1. The fourth-order valence-corrected chi connectivity index (χ4v) is 3.41. The van der Waals surface area contributed by atoms with Crippen LogP contribution in [0.2, 0.25) is 0 Å². The van der Waals surface area contributed by atoms with Crippen LogP contribution in [0.5, 0.6) is 0 Å². The number of pyridine rings is 1. The molecule has 5 heteroatoms. The van der Waals surface area contributed by atoms with E-state index in [-0.39, 0.29) is 5.91 Å². The number of aromatic nitrogens is 2. The molecule has 1 amide bonds. The van der Waals surface area contributed by atoms with Crippen molar-refractivity contribution in [2.75, 3.05) is 5.32 Å². The number of rotatable bonds is 3. The summed E-state index contributed by atoms with van der Waals surface area (Å²) in [5.41, 5.74) is 4.16. The molecular weight excluding hydrogens is 390 g/mol. The summed E-state index contributed by atoms with van der Waals surface area (Å²) in [5, 5.41) is 3.05. The number of anilines is 1. The molecule has 2 aromatic carbocycles. The monoisotopic (exact) mass is 405 g/mol. The summed E-state index contributed by atoms with van der Waals surface area (Å²) in [6.07, 6.45) is 1.91. The molecule has 0 aliphatic carbocycles. The number of carbonyl (C=O) groups is 1. The van der Waals surface area contributed by atoms with Crippen LogP contribution in [0.15, 0.2) is 77.4 Å². The lowest BCUT2D eigenvalue weighted by Crippen LogP contribution is -2.14. The quantitative estimate of drug-likeness (QED) is 0.500. The Hall–Kier alpha value is -2.92. The molecule has 1 N–H and O–H groups in total. The number of nitrogens with one attached hydrogen (secondary N) is 1. The van der Waals surface area contributed by atoms with E-state index in [0.29, 0.717) is 11.4 Å². The average Bonchev–Trinajstić information content (AvgIpc) is 3.03. The molecule has 128 valence electrons. The molecule has 0 bridgehead atoms. The van der Waals surface area contributed by atoms with Gasteiger partial charge in [0.05, 0.1) is 5.56 Å². The molecule has 0 atom stereocenters. The smallest absolute Gasteiger partial charge is 0.257 e. The van der Waals surface area contributed by atoms with E-state index in [0.717, 1.165) is 26.9 Å². The van der Waals surface area contributed by atoms with Crippen molar-refractivity contribution in [3.8, 4) is 11.3 Å². The zero-order valence-corrected chi connectivity index (χ0v) is 15.7. The Morgan fingerprint density at radius 2 is 1.73 bits per heavy atom. The van der Waals surface area contributed by atoms with Crippen molar-refractivity contribution in [3.05, 3.63) is 88.5 Å². The third-order valence-corrected chi connectivity index (χ3v) is 4.93. The lowest BCUT2D eigenvalue weighted by molar-refractivity contribution is 0.102. The van der Waals surface area contributed by atoms with Crippen molar-refractivity contribution >= 4 is 33.3 Å². The zero-order chi connectivity index (χ0) is 18.1. The van der Waals surface area contributed by atoms with Crippen molar-refractivity contribution in [3.63, 3.8) is 0 Å². The van der Waals surface area contributed by atoms with Crippen molar-refractivity contribution in [1.29, 1.82) is 0 Å². The molecule has 0 saturated carbocycles. The van der Waals surface area contributed by atoms with Crippen LogP contribution in [0.4, 0.5) is 5.82 Å². The standard InChI is InChI=1S/C21H16BrN3O/c1-14-8-7-13-25-19(14)23-18(15-9-3-2-4-10-15)20(25)24-21(26)16-11-5-6-12-17(16)22/h2-13H,1H3,(H,24,26). The number of hydrogen-bond donors (Lipinski definition) is 1. The summed E-state index contributed by atoms with van der Waals surface area (Å²) in [6, 6.07) is 21.2. The number of carbonyl (C=O) groups excluding carboxylic acids is 1. The van der Waals surface area contributed by atoms with Crippen molar-refractivity contribution < 1.29 is 4.79 Å². The van der Waals surface area contributed by atoms with Gasteiger partial charge in [-0.1, -0.05) is 48.5 Å². The number of fused-ring (bicyclic) bond motifs is 1. The lowest BCUT2D eigenvalue weighted by Gasteiger charge is -2.09. The van der Waals surface area contributed by atoms with Gasteiger partial charge in [0.15, 0.2) is 0 Å². The summed E-state index contributed by atoms with van der Waals surface area (Å²) < 4.78 is 2.68. The number of nitrogens with zero attached hydrogens (tertiary/aromatic N) is 2. The van der Waals surface area contributed by atoms with E-state index < -0.39 is 0 Å². The summed E-state index contributed by atoms with van der Waals surface area (Å²) in [7, 11) is 0. The van der Waals surface area contributed by atoms with Gasteiger partial charge in [0.25, 0.3) is 5.91 Å². The van der Waals surface area contributed by atoms with Crippen LogP contribution in [0, 0.1) is 6.92 Å². The van der Waals surface area contributed by atoms with Crippen LogP contribution in [-0.2, 0) is 0 Å². The molecule has 0 spiro atoms. The molecule has 4 rings (SSSR count). The van der Waals surface area contributed by atoms with Gasteiger partial charge in [-0.2, -0.15) is 0 Å². The fourth-order valence-electron chi connectivity index (χ4n) is 2.94. The molecule has 0 unspecified atom stereocenters. The summed E-state index contributed by atoms with van der Waals surface area (Å²) >= 11 is 3.44. The molecule has 26 heavy (non-hydrogen) atoms. The third-order valence-electron chi connectivity index (χ3n) is 4.24. The Morgan fingerprint density at radius 1 is 1.00 bits per heavy atom. The van der Waals surface area contributed by atoms with Crippen LogP contribution in [0.25, 0.3) is 16.9 Å². The highest BCUT2D eigenvalue weighted by atomic mass is 79.9. The highest BCUT2D eigenvalue weighted by molar-refractivity contribution is 9.10. The molecule has 2 aromatic heterocycles. The van der Waals surface area contributed by atoms with E-state index in [1.165, 1.54) is 0 Å². The molecule has 0 radical (unpaired) electrons. The van der Waals surface area contributed by atoms with Crippen LogP contribution in [0.3, 0.4) is 0 Å². The number of hydrogen-bond acceptors (Lipinski definition) is 2. The first-order chi connectivity index (χ1) is 12.6. The maximum absolute atomic E-state index is 12.9. The second-order valence-corrected chi connectivity index (χ2v) is 6.85. The van der Waals surface area contributed by atoms with E-state index in [9.17, 15) is 4.79 Å². The number of benzene rings is 2. The molecule has 4 aromatic rings. The molecule has 0 saturated heterocycles. The second kappa shape index (κ2) is 6.77. The second-order valence-electron chi connectivity index (χ2n) is 5.99. The fraction of sp³-hybridized carbons (Fsp3) is 0.0476. The number of halogens is 1. The first-order valence-electron chi connectivity index (χ1n) is 8.24. The van der Waals surface area contributed by atoms with Crippen LogP contribution >= 0.6 is 15.9 Å². The van der Waals surface area contributed by atoms with Crippen molar-refractivity contribution in [2.24, 2.45) is 0 Å². The SMILES string of the molecule is Cc1cccn2c(NC(=O)c3ccccc3Br)c(-c3ccccc3)nc12. The maximum Gasteiger partial charge on any atom is 0.257 e. The van der Waals surface area contributed by atoms with Crippen LogP contribution < -0.4 is 5.32 Å². The Morgan fingerprint density at radius 3 is 2.50 bits per heavy atom. The first kappa shape index (κ1) is 16.5. The van der Waals surface area contributed by atoms with Gasteiger partial charge in [-0.25, -0.2) is 4.98 Å². The van der Waals surface area contributed by atoms with Gasteiger partial charge >= 0.3 is 0 Å². The third kappa shape index (κ3) is 2.91. The molecule has 0 aliphatic heterocycles. The molecule has 0 aliphatic rings. The van der Waals surface area contributed by atoms with Crippen molar-refractivity contribution in [2.45, 2.75) is 6.92 Å². The number of aryl methyl sites for hydroxylation is 1. The maximum atomic E-state index is 12.9. The van der Waals surface area contributed by atoms with Gasteiger partial charge in [0.1, 0.15) is 17.2 Å². The van der Waals surface area contributed by atoms with E-state index in [4.69, 9.17) is 4.98 Å². The van der Waals surface area contributed by atoms with Crippen LogP contribution in [0.1, 0.15) is 15.9 Å². The number of imidazole rings is 1. The van der Waals surface area contributed by atoms with Gasteiger partial charge in [-0.3, -0.25) is 9.20 Å². The topological polar surface area (TPSA) is 46.4 Å². The minimum atomic E-state index is -0.182. The lowest BCUT2D eigenvalue weighted by atomic mass is 10.1. The van der Waals surface area contributed by atoms with E-state index in [1.807, 2.05) is 78.2 Å². The minimum Gasteiger partial charge on any atom is -0.306 e. The van der Waals surface area contributed by atoms with Crippen molar-refractivity contribution in [1.82, 2.24) is 9.38 Å². The normalized spacial score (nSPS) is 10.8. The summed E-state index contributed by atoms with van der Waals surface area (Å²) in [5.74, 6) is 0.480. The van der Waals surface area contributed by atoms with Crippen LogP contribution in [-0.4, -0.2) is 15.3 Å². The van der Waals surface area contributed by atoms with Gasteiger partial charge in [0, 0.05) is 16.2 Å². The van der Waals surface area contributed by atoms with Gasteiger partial charge in [-0.05, 0) is 46.6 Å². The van der Waals surface area contributed by atoms with E-state index >= 15 is 0 Å². The predicted molar refractivity (Wildman–Crippen MR) is 107 cm³/mol. The number of amides is 1. The molecule has 0 fully saturated rings. The van der Waals surface area contributed by atoms with E-state index in [2.05, 4.69) is 21.2 Å². The Balaban J connectivity index is 1.87. The Kier molecular flexibility index (Phi) is 4.31. The molecule has 4 nitrogen and oxygen atoms in total. The minimum absolute atomic E-state index is 0.182. The first-order valence-corrected chi connectivity index (χ1v) is 9.03. The summed E-state index contributed by atoms with van der Waals surface area (Å²) in [6.45, 7) is 2.01. The van der Waals surface area contributed by atoms with E-state index in [1.54, 1.807) is 6.07 Å². The van der Waals surface area contributed by atoms with Gasteiger partial charge in [0.2, 0.25) is 0 Å². The largest absolute Gasteiger partial charge is 0.306 e. The highest BCUT2D eigenvalue weighted by Gasteiger charge is 2.19. The Bertz CT molecular complexity index is 1100. The molecular formula is C21H16BrN3O. The molecule has 2 heterocycles. The summed E-state index contributed by atoms with van der Waals surface area (Å²) in [4.78, 5) is 17.7. The average molecular weight is 406 g/mol. The highest BCUT2D eigenvalue weighted by Crippen LogP contribution is 2.30.